The highest BCUT2D eigenvalue weighted by Crippen LogP contribution is 2.36. The molecule has 2 unspecified atom stereocenters. The van der Waals surface area contributed by atoms with Gasteiger partial charge in [-0.15, -0.1) is 0 Å². The summed E-state index contributed by atoms with van der Waals surface area (Å²) >= 11 is 0. The maximum Gasteiger partial charge on any atom is 0.205 e. The van der Waals surface area contributed by atoms with Gasteiger partial charge in [0.15, 0.2) is 6.29 Å². The van der Waals surface area contributed by atoms with Crippen molar-refractivity contribution in [2.75, 3.05) is 19.8 Å². The summed E-state index contributed by atoms with van der Waals surface area (Å²) in [6.07, 6.45) is -7.48. The van der Waals surface area contributed by atoms with Gasteiger partial charge >= 0.3 is 0 Å². The number of nitrogens with zero attached hydrogens (tertiary/aromatic N) is 1. The second-order valence-electron chi connectivity index (χ2n) is 4.80. The van der Waals surface area contributed by atoms with Crippen LogP contribution in [0.4, 0.5) is 0 Å². The Labute approximate surface area is 114 Å². The van der Waals surface area contributed by atoms with Crippen molar-refractivity contribution >= 4 is 0 Å². The average Bonchev–Trinajstić information content (AvgIpc) is 3.18. The summed E-state index contributed by atoms with van der Waals surface area (Å²) in [5.41, 5.74) is -1.30. The van der Waals surface area contributed by atoms with Crippen LogP contribution >= 0.6 is 0 Å². The summed E-state index contributed by atoms with van der Waals surface area (Å²) in [5.74, 6) is 0. The van der Waals surface area contributed by atoms with Crippen LogP contribution in [-0.2, 0) is 14.2 Å². The molecule has 5 N–H and O–H groups in total. The van der Waals surface area contributed by atoms with Crippen LogP contribution in [0.25, 0.3) is 0 Å². The van der Waals surface area contributed by atoms with Crippen LogP contribution in [0.5, 0.6) is 0 Å². The quantitative estimate of drug-likeness (QED) is 0.324. The lowest BCUT2D eigenvalue weighted by molar-refractivity contribution is -0.301. The molecule has 114 valence electrons. The number of nitriles is 1. The first-order valence-corrected chi connectivity index (χ1v) is 6.11. The van der Waals surface area contributed by atoms with E-state index in [-0.39, 0.29) is 6.61 Å². The predicted octanol–water partition coefficient (Wildman–Crippen LogP) is -3.54. The number of rotatable bonds is 5. The SMILES string of the molecule is N#CC1(CO)OC1CO[C@@H]1O[C@H](CO)[C@@H](O)[C@H](O)[C@H]1O. The van der Waals surface area contributed by atoms with Gasteiger partial charge in [0.05, 0.1) is 19.8 Å². The van der Waals surface area contributed by atoms with Crippen molar-refractivity contribution in [2.24, 2.45) is 0 Å². The van der Waals surface area contributed by atoms with Gasteiger partial charge in [-0.1, -0.05) is 0 Å². The lowest BCUT2D eigenvalue weighted by Gasteiger charge is -2.39. The van der Waals surface area contributed by atoms with Crippen LogP contribution in [0.15, 0.2) is 0 Å². The Morgan fingerprint density at radius 3 is 2.35 bits per heavy atom. The molecule has 7 atom stereocenters. The van der Waals surface area contributed by atoms with Gasteiger partial charge < -0.3 is 39.7 Å². The first kappa shape index (κ1) is 15.6. The highest BCUT2D eigenvalue weighted by molar-refractivity contribution is 5.18. The summed E-state index contributed by atoms with van der Waals surface area (Å²) in [5, 5.41) is 55.6. The molecule has 0 radical (unpaired) electrons. The topological polar surface area (TPSA) is 156 Å². The molecule has 9 nitrogen and oxygen atoms in total. The number of epoxide rings is 1. The number of ether oxygens (including phenoxy) is 3. The summed E-state index contributed by atoms with van der Waals surface area (Å²) in [6.45, 7) is -1.17. The first-order valence-electron chi connectivity index (χ1n) is 6.11. The third kappa shape index (κ3) is 2.65. The Balaban J connectivity index is 1.88. The van der Waals surface area contributed by atoms with Crippen molar-refractivity contribution in [2.45, 2.75) is 42.4 Å². The number of aliphatic hydroxyl groups is 5. The fourth-order valence-electron chi connectivity index (χ4n) is 2.05. The molecule has 0 bridgehead atoms. The van der Waals surface area contributed by atoms with Crippen LogP contribution in [-0.4, -0.2) is 87.8 Å². The molecule has 2 fully saturated rings. The van der Waals surface area contributed by atoms with E-state index in [1.165, 1.54) is 0 Å². The molecule has 2 aliphatic rings. The largest absolute Gasteiger partial charge is 0.394 e. The van der Waals surface area contributed by atoms with E-state index in [1.807, 2.05) is 0 Å². The molecule has 0 aromatic heterocycles. The number of aliphatic hydroxyl groups excluding tert-OH is 5. The molecule has 0 saturated carbocycles. The molecule has 0 aliphatic carbocycles. The Hall–Kier alpha value is -0.830. The van der Waals surface area contributed by atoms with E-state index in [9.17, 15) is 15.3 Å². The molecule has 0 amide bonds. The third-order valence-electron chi connectivity index (χ3n) is 3.50. The molecule has 2 saturated heterocycles. The Morgan fingerprint density at radius 1 is 1.15 bits per heavy atom. The third-order valence-corrected chi connectivity index (χ3v) is 3.50. The van der Waals surface area contributed by atoms with Crippen molar-refractivity contribution in [3.8, 4) is 6.07 Å². The highest BCUT2D eigenvalue weighted by Gasteiger charge is 2.58. The molecular formula is C11H17NO8. The first-order chi connectivity index (χ1) is 9.49. The lowest BCUT2D eigenvalue weighted by atomic mass is 9.99. The predicted molar refractivity (Wildman–Crippen MR) is 60.0 cm³/mol. The molecule has 2 aliphatic heterocycles. The summed E-state index contributed by atoms with van der Waals surface area (Å²) in [4.78, 5) is 0. The van der Waals surface area contributed by atoms with Gasteiger partial charge in [-0.05, 0) is 0 Å². The van der Waals surface area contributed by atoms with Crippen molar-refractivity contribution in [3.05, 3.63) is 0 Å². The smallest absolute Gasteiger partial charge is 0.205 e. The minimum absolute atomic E-state index is 0.142. The summed E-state index contributed by atoms with van der Waals surface area (Å²) < 4.78 is 15.3. The van der Waals surface area contributed by atoms with E-state index in [0.717, 1.165) is 0 Å². The van der Waals surface area contributed by atoms with Crippen molar-refractivity contribution in [3.63, 3.8) is 0 Å². The second-order valence-corrected chi connectivity index (χ2v) is 4.80. The van der Waals surface area contributed by atoms with E-state index >= 15 is 0 Å². The van der Waals surface area contributed by atoms with Crippen LogP contribution in [0.2, 0.25) is 0 Å². The fraction of sp³-hybridized carbons (Fsp3) is 0.909. The lowest BCUT2D eigenvalue weighted by Crippen LogP contribution is -2.59. The number of hydrogen-bond donors (Lipinski definition) is 5. The zero-order chi connectivity index (χ0) is 14.9. The molecule has 2 rings (SSSR count). The molecule has 9 heteroatoms. The van der Waals surface area contributed by atoms with Crippen LogP contribution in [0, 0.1) is 11.3 Å². The maximum atomic E-state index is 9.70. The van der Waals surface area contributed by atoms with Gasteiger partial charge in [0.1, 0.15) is 36.6 Å². The molecule has 0 aromatic rings. The Bertz CT molecular complexity index is 385. The molecular weight excluding hydrogens is 274 g/mol. The number of hydrogen-bond acceptors (Lipinski definition) is 9. The van der Waals surface area contributed by atoms with E-state index < -0.39 is 55.6 Å². The van der Waals surface area contributed by atoms with Crippen molar-refractivity contribution in [1.82, 2.24) is 0 Å². The second kappa shape index (κ2) is 5.88. The normalized spacial score (nSPS) is 47.8. The molecule has 2 heterocycles. The Morgan fingerprint density at radius 2 is 1.85 bits per heavy atom. The van der Waals surface area contributed by atoms with Crippen molar-refractivity contribution < 1.29 is 39.7 Å². The summed E-state index contributed by atoms with van der Waals surface area (Å²) in [7, 11) is 0. The molecule has 0 spiro atoms. The maximum absolute atomic E-state index is 9.70. The van der Waals surface area contributed by atoms with Gasteiger partial charge in [0.2, 0.25) is 5.60 Å². The van der Waals surface area contributed by atoms with Crippen LogP contribution < -0.4 is 0 Å². The van der Waals surface area contributed by atoms with Gasteiger partial charge in [0.25, 0.3) is 0 Å². The average molecular weight is 291 g/mol. The zero-order valence-electron chi connectivity index (χ0n) is 10.5. The van der Waals surface area contributed by atoms with Gasteiger partial charge in [-0.2, -0.15) is 5.26 Å². The molecule has 20 heavy (non-hydrogen) atoms. The van der Waals surface area contributed by atoms with Gasteiger partial charge in [-0.3, -0.25) is 0 Å². The van der Waals surface area contributed by atoms with Gasteiger partial charge in [-0.25, -0.2) is 0 Å². The van der Waals surface area contributed by atoms with E-state index in [4.69, 9.17) is 29.7 Å². The van der Waals surface area contributed by atoms with Gasteiger partial charge in [0, 0.05) is 0 Å². The van der Waals surface area contributed by atoms with E-state index in [1.54, 1.807) is 6.07 Å². The van der Waals surface area contributed by atoms with Crippen LogP contribution in [0.3, 0.4) is 0 Å². The minimum Gasteiger partial charge on any atom is -0.394 e. The standard InChI is InChI=1S/C11H17NO8/c12-3-11(4-14)6(20-11)2-18-10-9(17)8(16)7(15)5(1-13)19-10/h5-10,13-17H,1-2,4H2/t5-,6?,7-,8+,9-,10-,11?/m1/s1. The molecule has 0 aromatic carbocycles. The van der Waals surface area contributed by atoms with Crippen LogP contribution in [0.1, 0.15) is 0 Å². The monoisotopic (exact) mass is 291 g/mol. The summed E-state index contributed by atoms with van der Waals surface area (Å²) in [6, 6.07) is 1.80. The fourth-order valence-corrected chi connectivity index (χ4v) is 2.05. The van der Waals surface area contributed by atoms with E-state index in [2.05, 4.69) is 0 Å². The minimum atomic E-state index is -1.52. The zero-order valence-corrected chi connectivity index (χ0v) is 10.5. The highest BCUT2D eigenvalue weighted by atomic mass is 16.7. The van der Waals surface area contributed by atoms with Crippen molar-refractivity contribution in [1.29, 1.82) is 5.26 Å². The Kier molecular flexibility index (Phi) is 4.58. The van der Waals surface area contributed by atoms with E-state index in [0.29, 0.717) is 0 Å².